The molecule has 0 spiro atoms. The van der Waals surface area contributed by atoms with Crippen LogP contribution in [0.25, 0.3) is 0 Å². The Hall–Kier alpha value is -1.84. The number of hydrogen-bond acceptors (Lipinski definition) is 3. The van der Waals surface area contributed by atoms with E-state index in [0.717, 1.165) is 30.4 Å². The van der Waals surface area contributed by atoms with E-state index in [1.165, 1.54) is 6.42 Å². The first kappa shape index (κ1) is 16.5. The van der Waals surface area contributed by atoms with Crippen molar-refractivity contribution in [1.82, 2.24) is 5.32 Å². The van der Waals surface area contributed by atoms with Gasteiger partial charge in [-0.15, -0.1) is 0 Å². The van der Waals surface area contributed by atoms with Gasteiger partial charge in [0.05, 0.1) is 5.56 Å². The average molecular weight is 303 g/mol. The first-order valence-electron chi connectivity index (χ1n) is 8.01. The lowest BCUT2D eigenvalue weighted by molar-refractivity contribution is -0.125. The molecule has 0 radical (unpaired) electrons. The van der Waals surface area contributed by atoms with Gasteiger partial charge < -0.3 is 10.1 Å². The van der Waals surface area contributed by atoms with Crippen LogP contribution in [-0.4, -0.2) is 24.5 Å². The highest BCUT2D eigenvalue weighted by Gasteiger charge is 2.23. The molecule has 1 aromatic rings. The molecule has 1 saturated carbocycles. The highest BCUT2D eigenvalue weighted by atomic mass is 16.5. The summed E-state index contributed by atoms with van der Waals surface area (Å²) in [4.78, 5) is 24.0. The fraction of sp³-hybridized carbons (Fsp3) is 0.556. The predicted octanol–water partition coefficient (Wildman–Crippen LogP) is 3.16. The fourth-order valence-electron chi connectivity index (χ4n) is 3.03. The zero-order valence-electron chi connectivity index (χ0n) is 13.6. The van der Waals surface area contributed by atoms with Gasteiger partial charge in [-0.1, -0.05) is 37.5 Å². The minimum Gasteiger partial charge on any atom is -0.452 e. The van der Waals surface area contributed by atoms with E-state index in [1.807, 2.05) is 26.0 Å². The Morgan fingerprint density at radius 2 is 1.95 bits per heavy atom. The maximum atomic E-state index is 12.0. The largest absolute Gasteiger partial charge is 0.452 e. The molecule has 0 aliphatic heterocycles. The second-order valence-electron chi connectivity index (χ2n) is 6.33. The second-order valence-corrected chi connectivity index (χ2v) is 6.33. The summed E-state index contributed by atoms with van der Waals surface area (Å²) in [6.45, 7) is 5.79. The van der Waals surface area contributed by atoms with E-state index in [4.69, 9.17) is 4.74 Å². The first-order chi connectivity index (χ1) is 10.5. The summed E-state index contributed by atoms with van der Waals surface area (Å²) in [6, 6.07) is 5.75. The number of benzene rings is 1. The molecule has 0 bridgehead atoms. The molecule has 22 heavy (non-hydrogen) atoms. The van der Waals surface area contributed by atoms with Crippen molar-refractivity contribution in [3.8, 4) is 0 Å². The topological polar surface area (TPSA) is 55.4 Å². The normalized spacial score (nSPS) is 21.2. The molecule has 1 fully saturated rings. The number of hydrogen-bond donors (Lipinski definition) is 1. The monoisotopic (exact) mass is 303 g/mol. The van der Waals surface area contributed by atoms with Gasteiger partial charge in [0.25, 0.3) is 5.91 Å². The van der Waals surface area contributed by atoms with Crippen LogP contribution in [0.4, 0.5) is 0 Å². The van der Waals surface area contributed by atoms with Crippen LogP contribution in [0.3, 0.4) is 0 Å². The van der Waals surface area contributed by atoms with Crippen LogP contribution in [0.1, 0.15) is 54.1 Å². The van der Waals surface area contributed by atoms with Crippen molar-refractivity contribution < 1.29 is 14.3 Å². The summed E-state index contributed by atoms with van der Waals surface area (Å²) in [5.41, 5.74) is 2.48. The van der Waals surface area contributed by atoms with Gasteiger partial charge >= 0.3 is 5.97 Å². The number of esters is 1. The van der Waals surface area contributed by atoms with Crippen molar-refractivity contribution in [2.45, 2.75) is 52.5 Å². The first-order valence-corrected chi connectivity index (χ1v) is 8.01. The van der Waals surface area contributed by atoms with Crippen molar-refractivity contribution >= 4 is 11.9 Å². The van der Waals surface area contributed by atoms with E-state index < -0.39 is 5.97 Å². The van der Waals surface area contributed by atoms with Crippen LogP contribution in [0.2, 0.25) is 0 Å². The Morgan fingerprint density at radius 3 is 2.64 bits per heavy atom. The smallest absolute Gasteiger partial charge is 0.338 e. The van der Waals surface area contributed by atoms with Gasteiger partial charge in [-0.05, 0) is 44.2 Å². The Kier molecular flexibility index (Phi) is 5.58. The average Bonchev–Trinajstić information content (AvgIpc) is 2.47. The van der Waals surface area contributed by atoms with E-state index in [2.05, 4.69) is 12.2 Å². The third-order valence-electron chi connectivity index (χ3n) is 4.39. The Balaban J connectivity index is 1.84. The van der Waals surface area contributed by atoms with Gasteiger partial charge in [0.2, 0.25) is 0 Å². The SMILES string of the molecule is Cc1ccc(C(=O)OCC(=O)N[C@@H]2CCCC[C@H]2C)c(C)c1. The summed E-state index contributed by atoms with van der Waals surface area (Å²) in [5, 5.41) is 2.98. The Labute approximate surface area is 132 Å². The van der Waals surface area contributed by atoms with E-state index >= 15 is 0 Å². The van der Waals surface area contributed by atoms with Crippen LogP contribution < -0.4 is 5.32 Å². The number of aryl methyl sites for hydroxylation is 2. The van der Waals surface area contributed by atoms with E-state index in [1.54, 1.807) is 6.07 Å². The number of carbonyl (C=O) groups excluding carboxylic acids is 2. The molecule has 0 saturated heterocycles. The van der Waals surface area contributed by atoms with Gasteiger partial charge in [0, 0.05) is 6.04 Å². The van der Waals surface area contributed by atoms with Crippen LogP contribution >= 0.6 is 0 Å². The van der Waals surface area contributed by atoms with Gasteiger partial charge in [0.1, 0.15) is 0 Å². The molecule has 1 amide bonds. The summed E-state index contributed by atoms with van der Waals surface area (Å²) in [5.74, 6) is -0.158. The minimum absolute atomic E-state index is 0.209. The third-order valence-corrected chi connectivity index (χ3v) is 4.39. The molecule has 1 aliphatic rings. The standard InChI is InChI=1S/C18H25NO3/c1-12-8-9-15(14(3)10-12)18(21)22-11-17(20)19-16-7-5-4-6-13(16)2/h8-10,13,16H,4-7,11H2,1-3H3,(H,19,20)/t13-,16-/m1/s1. The van der Waals surface area contributed by atoms with Gasteiger partial charge in [-0.3, -0.25) is 4.79 Å². The number of amides is 1. The van der Waals surface area contributed by atoms with Crippen molar-refractivity contribution in [1.29, 1.82) is 0 Å². The van der Waals surface area contributed by atoms with Crippen LogP contribution in [-0.2, 0) is 9.53 Å². The van der Waals surface area contributed by atoms with E-state index in [-0.39, 0.29) is 18.6 Å². The summed E-state index contributed by atoms with van der Waals surface area (Å²) < 4.78 is 5.14. The lowest BCUT2D eigenvalue weighted by Gasteiger charge is -2.29. The number of carbonyl (C=O) groups is 2. The van der Waals surface area contributed by atoms with Crippen molar-refractivity contribution in [2.75, 3.05) is 6.61 Å². The molecule has 1 aliphatic carbocycles. The lowest BCUT2D eigenvalue weighted by Crippen LogP contribution is -2.42. The molecule has 1 N–H and O–H groups in total. The molecule has 2 atom stereocenters. The molecule has 120 valence electrons. The summed E-state index contributed by atoms with van der Waals surface area (Å²) in [6.07, 6.45) is 4.54. The van der Waals surface area contributed by atoms with Crippen LogP contribution in [0, 0.1) is 19.8 Å². The van der Waals surface area contributed by atoms with Crippen LogP contribution in [0.5, 0.6) is 0 Å². The fourth-order valence-corrected chi connectivity index (χ4v) is 3.03. The zero-order chi connectivity index (χ0) is 16.1. The van der Waals surface area contributed by atoms with Gasteiger partial charge in [-0.2, -0.15) is 0 Å². The molecule has 1 aromatic carbocycles. The molecule has 0 unspecified atom stereocenters. The molecule has 4 nitrogen and oxygen atoms in total. The number of rotatable bonds is 4. The highest BCUT2D eigenvalue weighted by Crippen LogP contribution is 2.23. The summed E-state index contributed by atoms with van der Waals surface area (Å²) in [7, 11) is 0. The molecular formula is C18H25NO3. The molecular weight excluding hydrogens is 278 g/mol. The number of nitrogens with one attached hydrogen (secondary N) is 1. The molecule has 4 heteroatoms. The van der Waals surface area contributed by atoms with Gasteiger partial charge in [0.15, 0.2) is 6.61 Å². The molecule has 0 aromatic heterocycles. The van der Waals surface area contributed by atoms with Crippen molar-refractivity contribution in [2.24, 2.45) is 5.92 Å². The van der Waals surface area contributed by atoms with Crippen LogP contribution in [0.15, 0.2) is 18.2 Å². The van der Waals surface area contributed by atoms with Gasteiger partial charge in [-0.25, -0.2) is 4.79 Å². The zero-order valence-corrected chi connectivity index (χ0v) is 13.6. The van der Waals surface area contributed by atoms with E-state index in [0.29, 0.717) is 11.5 Å². The second kappa shape index (κ2) is 7.43. The Bertz CT molecular complexity index is 553. The van der Waals surface area contributed by atoms with E-state index in [9.17, 15) is 9.59 Å². The summed E-state index contributed by atoms with van der Waals surface area (Å²) >= 11 is 0. The maximum Gasteiger partial charge on any atom is 0.338 e. The molecule has 0 heterocycles. The Morgan fingerprint density at radius 1 is 1.23 bits per heavy atom. The number of ether oxygens (including phenoxy) is 1. The highest BCUT2D eigenvalue weighted by molar-refractivity contribution is 5.92. The molecule has 2 rings (SSSR count). The lowest BCUT2D eigenvalue weighted by atomic mass is 9.86. The quantitative estimate of drug-likeness (QED) is 0.869. The maximum absolute atomic E-state index is 12.0. The third kappa shape index (κ3) is 4.33. The minimum atomic E-state index is -0.440. The van der Waals surface area contributed by atoms with Crippen molar-refractivity contribution in [3.63, 3.8) is 0 Å². The predicted molar refractivity (Wildman–Crippen MR) is 85.8 cm³/mol. The van der Waals surface area contributed by atoms with Crippen molar-refractivity contribution in [3.05, 3.63) is 34.9 Å².